The smallest absolute Gasteiger partial charge is 0.199 e. The first-order valence-corrected chi connectivity index (χ1v) is 7.40. The summed E-state index contributed by atoms with van der Waals surface area (Å²) in [6.07, 6.45) is -7.58. The number of hydrogen-bond acceptors (Lipinski definition) is 0. The molecule has 0 aliphatic heterocycles. The van der Waals surface area contributed by atoms with Gasteiger partial charge in [0.05, 0.1) is 0 Å². The van der Waals surface area contributed by atoms with Crippen LogP contribution in [0.2, 0.25) is 0 Å². The van der Waals surface area contributed by atoms with E-state index in [9.17, 15) is 65.9 Å². The molecule has 0 N–H and O–H groups in total. The van der Waals surface area contributed by atoms with E-state index in [2.05, 4.69) is 0 Å². The Morgan fingerprint density at radius 3 is 1.08 bits per heavy atom. The van der Waals surface area contributed by atoms with E-state index >= 15 is 0 Å². The SMILES string of the molecule is CC(CI)C(F)(F)C(F)(F)C(F)(F)C(F)(F)C(F)(F)C(F)(F)C(F)(F)F. The Hall–Kier alpha value is -0.320. The van der Waals surface area contributed by atoms with Crippen molar-refractivity contribution in [2.45, 2.75) is 48.6 Å². The lowest BCUT2D eigenvalue weighted by Gasteiger charge is -2.42. The number of halogens is 16. The summed E-state index contributed by atoms with van der Waals surface area (Å²) in [5.74, 6) is -48.7. The van der Waals surface area contributed by atoms with Crippen LogP contribution in [0.4, 0.5) is 65.9 Å². The van der Waals surface area contributed by atoms with Crippen LogP contribution in [0.3, 0.4) is 0 Å². The van der Waals surface area contributed by atoms with E-state index in [-0.39, 0.29) is 6.92 Å². The van der Waals surface area contributed by atoms with E-state index in [0.717, 1.165) is 22.6 Å². The molecule has 0 spiro atoms. The maximum absolute atomic E-state index is 13.3. The lowest BCUT2D eigenvalue weighted by atomic mass is 9.87. The van der Waals surface area contributed by atoms with E-state index in [1.165, 1.54) is 0 Å². The minimum absolute atomic E-state index is 0.108. The molecule has 26 heavy (non-hydrogen) atoms. The quantitative estimate of drug-likeness (QED) is 0.199. The summed E-state index contributed by atoms with van der Waals surface area (Å²) in [5, 5.41) is 0. The normalized spacial score (nSPS) is 17.4. The molecule has 0 nitrogen and oxygen atoms in total. The lowest BCUT2D eigenvalue weighted by molar-refractivity contribution is -0.454. The third-order valence-corrected chi connectivity index (χ3v) is 4.52. The van der Waals surface area contributed by atoms with Gasteiger partial charge >= 0.3 is 41.7 Å². The predicted octanol–water partition coefficient (Wildman–Crippen LogP) is 6.43. The molecule has 0 saturated carbocycles. The molecule has 0 radical (unpaired) electrons. The highest BCUT2D eigenvalue weighted by atomic mass is 127. The first kappa shape index (κ1) is 25.7. The summed E-state index contributed by atoms with van der Waals surface area (Å²) >= 11 is 0.905. The van der Waals surface area contributed by atoms with Crippen LogP contribution in [0.5, 0.6) is 0 Å². The predicted molar refractivity (Wildman–Crippen MR) is 63.8 cm³/mol. The second kappa shape index (κ2) is 6.63. The van der Waals surface area contributed by atoms with Crippen molar-refractivity contribution in [1.29, 1.82) is 0 Å². The fourth-order valence-electron chi connectivity index (χ4n) is 1.39. The lowest BCUT2D eigenvalue weighted by Crippen LogP contribution is -2.73. The Balaban J connectivity index is 6.51. The molecule has 0 fully saturated rings. The summed E-state index contributed by atoms with van der Waals surface area (Å²) in [5.41, 5.74) is 0. The van der Waals surface area contributed by atoms with Crippen molar-refractivity contribution < 1.29 is 65.9 Å². The molecule has 1 unspecified atom stereocenters. The highest BCUT2D eigenvalue weighted by Gasteiger charge is 2.93. The van der Waals surface area contributed by atoms with E-state index in [1.807, 2.05) is 0 Å². The monoisotopic (exact) mass is 538 g/mol. The van der Waals surface area contributed by atoms with Gasteiger partial charge in [-0.15, -0.1) is 0 Å². The van der Waals surface area contributed by atoms with E-state index in [0.29, 0.717) is 0 Å². The summed E-state index contributed by atoms with van der Waals surface area (Å²) < 4.78 is 191. The van der Waals surface area contributed by atoms with Gasteiger partial charge in [-0.2, -0.15) is 65.9 Å². The molecule has 0 rings (SSSR count). The Kier molecular flexibility index (Phi) is 6.55. The fraction of sp³-hybridized carbons (Fsp3) is 1.00. The van der Waals surface area contributed by atoms with Crippen LogP contribution in [0, 0.1) is 5.92 Å². The van der Waals surface area contributed by atoms with Crippen LogP contribution in [0.25, 0.3) is 0 Å². The van der Waals surface area contributed by atoms with E-state index in [1.54, 1.807) is 0 Å². The average molecular weight is 538 g/mol. The van der Waals surface area contributed by atoms with Gasteiger partial charge in [-0.1, -0.05) is 29.5 Å². The maximum Gasteiger partial charge on any atom is 0.460 e. The zero-order valence-electron chi connectivity index (χ0n) is 11.8. The molecular weight excluding hydrogens is 532 g/mol. The largest absolute Gasteiger partial charge is 0.460 e. The highest BCUT2D eigenvalue weighted by Crippen LogP contribution is 2.63. The van der Waals surface area contributed by atoms with Crippen molar-refractivity contribution in [3.05, 3.63) is 0 Å². The second-order valence-corrected chi connectivity index (χ2v) is 5.93. The molecule has 16 heteroatoms. The van der Waals surface area contributed by atoms with Crippen molar-refractivity contribution >= 4 is 22.6 Å². The molecule has 0 aromatic rings. The third kappa shape index (κ3) is 3.20. The van der Waals surface area contributed by atoms with Gasteiger partial charge in [0.15, 0.2) is 0 Å². The van der Waals surface area contributed by atoms with E-state index in [4.69, 9.17) is 0 Å². The first-order valence-electron chi connectivity index (χ1n) is 5.88. The second-order valence-electron chi connectivity index (χ2n) is 5.05. The van der Waals surface area contributed by atoms with Crippen molar-refractivity contribution in [3.63, 3.8) is 0 Å². The summed E-state index contributed by atoms with van der Waals surface area (Å²) in [6, 6.07) is 0. The van der Waals surface area contributed by atoms with Gasteiger partial charge in [-0.3, -0.25) is 0 Å². The topological polar surface area (TPSA) is 0 Å². The minimum atomic E-state index is -8.21. The highest BCUT2D eigenvalue weighted by molar-refractivity contribution is 14.1. The zero-order valence-corrected chi connectivity index (χ0v) is 14.0. The Labute approximate surface area is 148 Å². The zero-order chi connectivity index (χ0) is 21.8. The molecule has 0 aromatic heterocycles. The van der Waals surface area contributed by atoms with Crippen LogP contribution in [0.15, 0.2) is 0 Å². The van der Waals surface area contributed by atoms with Gasteiger partial charge in [0.25, 0.3) is 0 Å². The number of hydrogen-bond donors (Lipinski definition) is 0. The van der Waals surface area contributed by atoms with Gasteiger partial charge < -0.3 is 0 Å². The summed E-state index contributed by atoms with van der Waals surface area (Å²) in [4.78, 5) is 0. The molecule has 0 heterocycles. The van der Waals surface area contributed by atoms with Gasteiger partial charge in [0.2, 0.25) is 0 Å². The molecule has 0 bridgehead atoms. The van der Waals surface area contributed by atoms with Gasteiger partial charge in [-0.05, 0) is 0 Å². The van der Waals surface area contributed by atoms with Crippen molar-refractivity contribution in [1.82, 2.24) is 0 Å². The van der Waals surface area contributed by atoms with Crippen LogP contribution in [0.1, 0.15) is 6.92 Å². The van der Waals surface area contributed by atoms with Crippen LogP contribution >= 0.6 is 22.6 Å². The molecule has 0 amide bonds. The molecule has 0 aromatic carbocycles. The van der Waals surface area contributed by atoms with Crippen LogP contribution in [-0.2, 0) is 0 Å². The Morgan fingerprint density at radius 2 is 0.808 bits per heavy atom. The third-order valence-electron chi connectivity index (χ3n) is 3.20. The van der Waals surface area contributed by atoms with E-state index < -0.39 is 52.1 Å². The molecule has 1 atom stereocenters. The Bertz CT molecular complexity index is 505. The molecule has 0 aliphatic rings. The minimum Gasteiger partial charge on any atom is -0.199 e. The average Bonchev–Trinajstić information content (AvgIpc) is 2.43. The summed E-state index contributed by atoms with van der Waals surface area (Å²) in [6.45, 7) is 0.108. The van der Waals surface area contributed by atoms with Crippen LogP contribution < -0.4 is 0 Å². The van der Waals surface area contributed by atoms with Gasteiger partial charge in [0, 0.05) is 10.3 Å². The molecule has 0 aliphatic carbocycles. The standard InChI is InChI=1S/C10H6F15I/c1-3(2-26)4(11,12)5(13,14)6(15,16)7(17,18)8(19,20)9(21,22)10(23,24)25/h3H,2H2,1H3. The molecule has 0 saturated heterocycles. The van der Waals surface area contributed by atoms with Crippen molar-refractivity contribution in [2.24, 2.45) is 5.92 Å². The van der Waals surface area contributed by atoms with Gasteiger partial charge in [0.1, 0.15) is 0 Å². The molecule has 158 valence electrons. The van der Waals surface area contributed by atoms with Crippen LogP contribution in [-0.4, -0.2) is 46.1 Å². The number of alkyl halides is 16. The van der Waals surface area contributed by atoms with Gasteiger partial charge in [-0.25, -0.2) is 0 Å². The maximum atomic E-state index is 13.3. The number of rotatable bonds is 7. The first-order chi connectivity index (χ1) is 11.0. The van der Waals surface area contributed by atoms with Crippen molar-refractivity contribution in [2.75, 3.05) is 4.43 Å². The van der Waals surface area contributed by atoms with Crippen molar-refractivity contribution in [3.8, 4) is 0 Å². The summed E-state index contributed by atoms with van der Waals surface area (Å²) in [7, 11) is 0. The molecular formula is C10H6F15I. The fourth-order valence-corrected chi connectivity index (χ4v) is 1.94. The Morgan fingerprint density at radius 1 is 0.538 bits per heavy atom.